The SMILES string of the molecule is Cc1ccc(SCC(=O)NNC(=O)CSc2nc3ccccc3o2)cc1C. The molecule has 27 heavy (non-hydrogen) atoms. The van der Waals surface area contributed by atoms with E-state index in [9.17, 15) is 9.59 Å². The molecule has 0 spiro atoms. The average molecular weight is 402 g/mol. The zero-order valence-electron chi connectivity index (χ0n) is 14.9. The zero-order chi connectivity index (χ0) is 19.2. The number of nitrogens with zero attached hydrogens (tertiary/aromatic N) is 1. The third-order valence-electron chi connectivity index (χ3n) is 3.79. The van der Waals surface area contributed by atoms with Gasteiger partial charge in [0.05, 0.1) is 11.5 Å². The van der Waals surface area contributed by atoms with Crippen LogP contribution in [0.2, 0.25) is 0 Å². The van der Waals surface area contributed by atoms with Crippen molar-refractivity contribution in [1.29, 1.82) is 0 Å². The summed E-state index contributed by atoms with van der Waals surface area (Å²) in [7, 11) is 0. The van der Waals surface area contributed by atoms with E-state index in [-0.39, 0.29) is 23.3 Å². The second-order valence-corrected chi connectivity index (χ2v) is 7.84. The van der Waals surface area contributed by atoms with Gasteiger partial charge < -0.3 is 4.42 Å². The van der Waals surface area contributed by atoms with Crippen LogP contribution in [0.5, 0.6) is 0 Å². The molecule has 0 atom stereocenters. The lowest BCUT2D eigenvalue weighted by molar-refractivity contribution is -0.126. The number of rotatable bonds is 6. The van der Waals surface area contributed by atoms with Crippen LogP contribution in [0.1, 0.15) is 11.1 Å². The van der Waals surface area contributed by atoms with Crippen molar-refractivity contribution in [3.8, 4) is 0 Å². The maximum atomic E-state index is 11.9. The van der Waals surface area contributed by atoms with Crippen LogP contribution in [-0.4, -0.2) is 28.3 Å². The minimum Gasteiger partial charge on any atom is -0.431 e. The Morgan fingerprint density at radius 1 is 0.963 bits per heavy atom. The van der Waals surface area contributed by atoms with E-state index in [0.29, 0.717) is 10.8 Å². The van der Waals surface area contributed by atoms with Crippen LogP contribution >= 0.6 is 23.5 Å². The molecule has 0 bridgehead atoms. The van der Waals surface area contributed by atoms with Crippen molar-refractivity contribution in [1.82, 2.24) is 15.8 Å². The van der Waals surface area contributed by atoms with Gasteiger partial charge >= 0.3 is 0 Å². The molecule has 2 amide bonds. The van der Waals surface area contributed by atoms with Crippen molar-refractivity contribution >= 4 is 46.4 Å². The Morgan fingerprint density at radius 3 is 2.37 bits per heavy atom. The molecule has 1 aromatic heterocycles. The molecule has 140 valence electrons. The molecular formula is C19H19N3O3S2. The van der Waals surface area contributed by atoms with Gasteiger partial charge in [-0.15, -0.1) is 11.8 Å². The fourth-order valence-corrected chi connectivity index (χ4v) is 3.64. The van der Waals surface area contributed by atoms with Crippen molar-refractivity contribution in [2.75, 3.05) is 11.5 Å². The molecule has 0 fully saturated rings. The molecule has 6 nitrogen and oxygen atoms in total. The molecule has 0 unspecified atom stereocenters. The summed E-state index contributed by atoms with van der Waals surface area (Å²) in [6.07, 6.45) is 0. The highest BCUT2D eigenvalue weighted by molar-refractivity contribution is 8.00. The number of para-hydroxylation sites is 2. The Balaban J connectivity index is 1.39. The monoisotopic (exact) mass is 401 g/mol. The number of hydrogen-bond donors (Lipinski definition) is 2. The van der Waals surface area contributed by atoms with Crippen molar-refractivity contribution in [3.05, 3.63) is 53.6 Å². The van der Waals surface area contributed by atoms with E-state index in [2.05, 4.69) is 15.8 Å². The number of fused-ring (bicyclic) bond motifs is 1. The molecule has 0 saturated heterocycles. The number of thioether (sulfide) groups is 2. The smallest absolute Gasteiger partial charge is 0.257 e. The summed E-state index contributed by atoms with van der Waals surface area (Å²) < 4.78 is 5.53. The second kappa shape index (κ2) is 8.96. The van der Waals surface area contributed by atoms with Crippen LogP contribution < -0.4 is 10.9 Å². The summed E-state index contributed by atoms with van der Waals surface area (Å²) in [6, 6.07) is 13.5. The van der Waals surface area contributed by atoms with Gasteiger partial charge in [0, 0.05) is 4.90 Å². The second-order valence-electron chi connectivity index (χ2n) is 5.87. The largest absolute Gasteiger partial charge is 0.431 e. The zero-order valence-corrected chi connectivity index (χ0v) is 16.6. The molecule has 0 aliphatic carbocycles. The molecule has 0 radical (unpaired) electrons. The highest BCUT2D eigenvalue weighted by atomic mass is 32.2. The lowest BCUT2D eigenvalue weighted by atomic mass is 10.1. The first kappa shape index (κ1) is 19.3. The molecule has 0 aliphatic heterocycles. The predicted molar refractivity (Wildman–Crippen MR) is 108 cm³/mol. The van der Waals surface area contributed by atoms with Crippen molar-refractivity contribution in [2.45, 2.75) is 24.0 Å². The van der Waals surface area contributed by atoms with Crippen LogP contribution in [0.25, 0.3) is 11.1 Å². The van der Waals surface area contributed by atoms with E-state index in [1.165, 1.54) is 34.7 Å². The Hall–Kier alpha value is -2.45. The number of carbonyl (C=O) groups excluding carboxylic acids is 2. The average Bonchev–Trinajstić information content (AvgIpc) is 3.08. The van der Waals surface area contributed by atoms with E-state index in [1.807, 2.05) is 56.3 Å². The molecule has 8 heteroatoms. The minimum atomic E-state index is -0.327. The number of nitrogens with one attached hydrogen (secondary N) is 2. The lowest BCUT2D eigenvalue weighted by Crippen LogP contribution is -2.43. The fraction of sp³-hybridized carbons (Fsp3) is 0.211. The highest BCUT2D eigenvalue weighted by Gasteiger charge is 2.10. The maximum Gasteiger partial charge on any atom is 0.257 e. The number of aromatic nitrogens is 1. The van der Waals surface area contributed by atoms with Gasteiger partial charge in [-0.05, 0) is 49.2 Å². The molecular weight excluding hydrogens is 382 g/mol. The van der Waals surface area contributed by atoms with Gasteiger partial charge in [-0.2, -0.15) is 0 Å². The molecule has 3 rings (SSSR count). The third kappa shape index (κ3) is 5.51. The Labute approximate surface area is 165 Å². The summed E-state index contributed by atoms with van der Waals surface area (Å²) in [4.78, 5) is 29.1. The Kier molecular flexibility index (Phi) is 6.41. The number of carbonyl (C=O) groups is 2. The quantitative estimate of drug-likeness (QED) is 0.486. The van der Waals surface area contributed by atoms with E-state index in [1.54, 1.807) is 0 Å². The topological polar surface area (TPSA) is 84.2 Å². The number of aryl methyl sites for hydroxylation is 2. The van der Waals surface area contributed by atoms with Gasteiger partial charge in [-0.3, -0.25) is 20.4 Å². The van der Waals surface area contributed by atoms with E-state index >= 15 is 0 Å². The van der Waals surface area contributed by atoms with E-state index < -0.39 is 0 Å². The Morgan fingerprint density at radius 2 is 1.67 bits per heavy atom. The maximum absolute atomic E-state index is 11.9. The summed E-state index contributed by atoms with van der Waals surface area (Å²) in [5.74, 6) is -0.274. The summed E-state index contributed by atoms with van der Waals surface area (Å²) in [5, 5.41) is 0.419. The van der Waals surface area contributed by atoms with Gasteiger partial charge in [-0.25, -0.2) is 4.98 Å². The molecule has 2 aromatic carbocycles. The van der Waals surface area contributed by atoms with Gasteiger partial charge in [0.25, 0.3) is 5.22 Å². The first-order valence-corrected chi connectivity index (χ1v) is 10.2. The van der Waals surface area contributed by atoms with Crippen LogP contribution in [0.3, 0.4) is 0 Å². The van der Waals surface area contributed by atoms with Gasteiger partial charge in [-0.1, -0.05) is 30.0 Å². The number of amides is 2. The van der Waals surface area contributed by atoms with Crippen molar-refractivity contribution in [2.24, 2.45) is 0 Å². The third-order valence-corrected chi connectivity index (χ3v) is 5.61. The van der Waals surface area contributed by atoms with E-state index in [0.717, 1.165) is 10.4 Å². The number of hydrazine groups is 1. The number of hydrogen-bond acceptors (Lipinski definition) is 6. The van der Waals surface area contributed by atoms with Crippen LogP contribution in [-0.2, 0) is 9.59 Å². The molecule has 0 saturated carbocycles. The summed E-state index contributed by atoms with van der Waals surface area (Å²) >= 11 is 2.59. The molecule has 2 N–H and O–H groups in total. The van der Waals surface area contributed by atoms with Crippen LogP contribution in [0, 0.1) is 13.8 Å². The van der Waals surface area contributed by atoms with Gasteiger partial charge in [0.2, 0.25) is 11.8 Å². The fourth-order valence-electron chi connectivity index (χ4n) is 2.20. The first-order chi connectivity index (χ1) is 13.0. The molecule has 1 heterocycles. The molecule has 3 aromatic rings. The normalized spacial score (nSPS) is 10.7. The minimum absolute atomic E-state index is 0.0946. The first-order valence-electron chi connectivity index (χ1n) is 8.27. The standard InChI is InChI=1S/C19H19N3O3S2/c1-12-7-8-14(9-13(12)2)26-10-17(23)21-22-18(24)11-27-19-20-15-5-3-4-6-16(15)25-19/h3-9H,10-11H2,1-2H3,(H,21,23)(H,22,24). The summed E-state index contributed by atoms with van der Waals surface area (Å²) in [5.41, 5.74) is 8.64. The van der Waals surface area contributed by atoms with Gasteiger partial charge in [0.15, 0.2) is 5.58 Å². The number of oxazole rings is 1. The molecule has 0 aliphatic rings. The van der Waals surface area contributed by atoms with E-state index in [4.69, 9.17) is 4.42 Å². The lowest BCUT2D eigenvalue weighted by Gasteiger charge is -2.07. The van der Waals surface area contributed by atoms with Gasteiger partial charge in [0.1, 0.15) is 5.52 Å². The van der Waals surface area contributed by atoms with Crippen LogP contribution in [0.4, 0.5) is 0 Å². The number of benzene rings is 2. The Bertz CT molecular complexity index is 939. The highest BCUT2D eigenvalue weighted by Crippen LogP contribution is 2.23. The predicted octanol–water partition coefficient (Wildman–Crippen LogP) is 3.48. The van der Waals surface area contributed by atoms with Crippen molar-refractivity contribution in [3.63, 3.8) is 0 Å². The van der Waals surface area contributed by atoms with Crippen molar-refractivity contribution < 1.29 is 14.0 Å². The van der Waals surface area contributed by atoms with Crippen LogP contribution in [0.15, 0.2) is 57.0 Å². The summed E-state index contributed by atoms with van der Waals surface area (Å²) in [6.45, 7) is 4.08.